The molecular formula is C12H17BrFNOS. The van der Waals surface area contributed by atoms with Crippen LogP contribution in [-0.4, -0.2) is 29.3 Å². The molecular weight excluding hydrogens is 305 g/mol. The molecule has 0 amide bonds. The van der Waals surface area contributed by atoms with Crippen LogP contribution in [-0.2, 0) is 6.54 Å². The van der Waals surface area contributed by atoms with Crippen LogP contribution in [0.4, 0.5) is 4.39 Å². The van der Waals surface area contributed by atoms with Gasteiger partial charge in [-0.15, -0.1) is 0 Å². The third-order valence-electron chi connectivity index (χ3n) is 2.27. The number of hydrogen-bond acceptors (Lipinski definition) is 3. The van der Waals surface area contributed by atoms with E-state index < -0.39 is 5.60 Å². The Hall–Kier alpha value is -0.100. The van der Waals surface area contributed by atoms with Crippen LogP contribution in [0.5, 0.6) is 0 Å². The van der Waals surface area contributed by atoms with Gasteiger partial charge in [0.05, 0.1) is 10.1 Å². The second-order valence-electron chi connectivity index (χ2n) is 4.28. The molecule has 0 radical (unpaired) electrons. The number of aliphatic hydroxyl groups is 1. The summed E-state index contributed by atoms with van der Waals surface area (Å²) in [6.07, 6.45) is 1.96. The highest BCUT2D eigenvalue weighted by Gasteiger charge is 2.18. The largest absolute Gasteiger partial charge is 0.388 e. The van der Waals surface area contributed by atoms with Gasteiger partial charge in [-0.05, 0) is 46.8 Å². The van der Waals surface area contributed by atoms with Crippen LogP contribution < -0.4 is 5.32 Å². The maximum Gasteiger partial charge on any atom is 0.137 e. The van der Waals surface area contributed by atoms with Gasteiger partial charge in [0.1, 0.15) is 5.82 Å². The topological polar surface area (TPSA) is 32.3 Å². The van der Waals surface area contributed by atoms with E-state index in [4.69, 9.17) is 0 Å². The lowest BCUT2D eigenvalue weighted by Crippen LogP contribution is -2.39. The highest BCUT2D eigenvalue weighted by Crippen LogP contribution is 2.17. The summed E-state index contributed by atoms with van der Waals surface area (Å²) >= 11 is 4.76. The fourth-order valence-corrected chi connectivity index (χ4v) is 2.64. The molecule has 2 N–H and O–H groups in total. The summed E-state index contributed by atoms with van der Waals surface area (Å²) in [6.45, 7) is 2.93. The zero-order valence-corrected chi connectivity index (χ0v) is 12.4. The summed E-state index contributed by atoms with van der Waals surface area (Å²) < 4.78 is 13.5. The monoisotopic (exact) mass is 321 g/mol. The van der Waals surface area contributed by atoms with Gasteiger partial charge in [0.25, 0.3) is 0 Å². The van der Waals surface area contributed by atoms with E-state index in [0.29, 0.717) is 23.3 Å². The molecule has 0 saturated carbocycles. The summed E-state index contributed by atoms with van der Waals surface area (Å²) in [7, 11) is 0. The van der Waals surface area contributed by atoms with E-state index in [1.54, 1.807) is 30.8 Å². The molecule has 1 aromatic carbocycles. The van der Waals surface area contributed by atoms with Gasteiger partial charge in [0.2, 0.25) is 0 Å². The van der Waals surface area contributed by atoms with Crippen LogP contribution in [0.3, 0.4) is 0 Å². The van der Waals surface area contributed by atoms with Crippen molar-refractivity contribution in [1.29, 1.82) is 0 Å². The molecule has 0 aromatic heterocycles. The molecule has 17 heavy (non-hydrogen) atoms. The van der Waals surface area contributed by atoms with Crippen LogP contribution in [0.25, 0.3) is 0 Å². The van der Waals surface area contributed by atoms with Crippen LogP contribution in [0.1, 0.15) is 12.5 Å². The first-order valence-electron chi connectivity index (χ1n) is 5.30. The van der Waals surface area contributed by atoms with Crippen molar-refractivity contribution >= 4 is 27.7 Å². The van der Waals surface area contributed by atoms with Crippen LogP contribution >= 0.6 is 27.7 Å². The predicted molar refractivity (Wildman–Crippen MR) is 74.8 cm³/mol. The molecule has 96 valence electrons. The molecule has 1 rings (SSSR count). The van der Waals surface area contributed by atoms with Crippen LogP contribution in [0.15, 0.2) is 22.7 Å². The highest BCUT2D eigenvalue weighted by molar-refractivity contribution is 9.10. The lowest BCUT2D eigenvalue weighted by atomic mass is 10.1. The van der Waals surface area contributed by atoms with Crippen molar-refractivity contribution in [3.8, 4) is 0 Å². The third kappa shape index (κ3) is 5.38. The van der Waals surface area contributed by atoms with E-state index in [2.05, 4.69) is 21.2 Å². The van der Waals surface area contributed by atoms with Gasteiger partial charge in [-0.3, -0.25) is 0 Å². The van der Waals surface area contributed by atoms with Crippen molar-refractivity contribution in [3.63, 3.8) is 0 Å². The predicted octanol–water partition coefficient (Wildman–Crippen LogP) is 2.79. The standard InChI is InChI=1S/C12H17BrFNOS/c1-12(16,8-17-2)7-15-6-9-3-4-11(14)10(13)5-9/h3-5,15-16H,6-8H2,1-2H3. The molecule has 0 heterocycles. The molecule has 1 atom stereocenters. The first-order chi connectivity index (χ1) is 7.94. The van der Waals surface area contributed by atoms with E-state index in [-0.39, 0.29) is 5.82 Å². The number of thioether (sulfide) groups is 1. The lowest BCUT2D eigenvalue weighted by Gasteiger charge is -2.22. The minimum absolute atomic E-state index is 0.261. The zero-order chi connectivity index (χ0) is 12.9. The number of rotatable bonds is 6. The fourth-order valence-electron chi connectivity index (χ4n) is 1.49. The Bertz CT molecular complexity index is 374. The second-order valence-corrected chi connectivity index (χ2v) is 6.00. The molecule has 1 aromatic rings. The average Bonchev–Trinajstić information content (AvgIpc) is 2.23. The van der Waals surface area contributed by atoms with Gasteiger partial charge in [-0.25, -0.2) is 4.39 Å². The summed E-state index contributed by atoms with van der Waals surface area (Å²) in [4.78, 5) is 0. The van der Waals surface area contributed by atoms with Crippen LogP contribution in [0.2, 0.25) is 0 Å². The molecule has 0 spiro atoms. The molecule has 0 aliphatic heterocycles. The SMILES string of the molecule is CSCC(C)(O)CNCc1ccc(F)c(Br)c1. The quantitative estimate of drug-likeness (QED) is 0.845. The summed E-state index contributed by atoms with van der Waals surface area (Å²) in [5, 5.41) is 13.1. The summed E-state index contributed by atoms with van der Waals surface area (Å²) in [5.41, 5.74) is 0.273. The van der Waals surface area contributed by atoms with Crippen molar-refractivity contribution in [1.82, 2.24) is 5.32 Å². The molecule has 1 unspecified atom stereocenters. The van der Waals surface area contributed by atoms with Crippen LogP contribution in [0, 0.1) is 5.82 Å². The van der Waals surface area contributed by atoms with E-state index in [1.807, 2.05) is 6.26 Å². The molecule has 0 aliphatic rings. The smallest absolute Gasteiger partial charge is 0.137 e. The highest BCUT2D eigenvalue weighted by atomic mass is 79.9. The van der Waals surface area contributed by atoms with E-state index in [0.717, 1.165) is 5.56 Å². The third-order valence-corrected chi connectivity index (χ3v) is 3.79. The Morgan fingerprint density at radius 1 is 1.53 bits per heavy atom. The maximum atomic E-state index is 13.0. The Morgan fingerprint density at radius 3 is 2.82 bits per heavy atom. The van der Waals surface area contributed by atoms with Gasteiger partial charge in [0, 0.05) is 18.8 Å². The minimum Gasteiger partial charge on any atom is -0.388 e. The molecule has 2 nitrogen and oxygen atoms in total. The average molecular weight is 322 g/mol. The second kappa shape index (κ2) is 6.73. The number of nitrogens with one attached hydrogen (secondary N) is 1. The minimum atomic E-state index is -0.712. The Balaban J connectivity index is 2.43. The Labute approximate surface area is 114 Å². The number of hydrogen-bond donors (Lipinski definition) is 2. The van der Waals surface area contributed by atoms with Crippen molar-refractivity contribution in [2.45, 2.75) is 19.1 Å². The maximum absolute atomic E-state index is 13.0. The van der Waals surface area contributed by atoms with Gasteiger partial charge < -0.3 is 10.4 Å². The Morgan fingerprint density at radius 2 is 2.24 bits per heavy atom. The van der Waals surface area contributed by atoms with Crippen molar-refractivity contribution in [3.05, 3.63) is 34.1 Å². The molecule has 0 fully saturated rings. The summed E-state index contributed by atoms with van der Waals surface area (Å²) in [6, 6.07) is 4.91. The van der Waals surface area contributed by atoms with E-state index >= 15 is 0 Å². The van der Waals surface area contributed by atoms with E-state index in [9.17, 15) is 9.50 Å². The first-order valence-corrected chi connectivity index (χ1v) is 7.49. The molecule has 0 bridgehead atoms. The molecule has 0 saturated heterocycles. The molecule has 0 aliphatic carbocycles. The van der Waals surface area contributed by atoms with Gasteiger partial charge >= 0.3 is 0 Å². The van der Waals surface area contributed by atoms with Crippen molar-refractivity contribution < 1.29 is 9.50 Å². The van der Waals surface area contributed by atoms with Gasteiger partial charge in [-0.2, -0.15) is 11.8 Å². The van der Waals surface area contributed by atoms with Gasteiger partial charge in [0.15, 0.2) is 0 Å². The zero-order valence-electron chi connectivity index (χ0n) is 9.96. The van der Waals surface area contributed by atoms with Gasteiger partial charge in [-0.1, -0.05) is 6.07 Å². The molecule has 5 heteroatoms. The lowest BCUT2D eigenvalue weighted by molar-refractivity contribution is 0.0846. The van der Waals surface area contributed by atoms with Crippen molar-refractivity contribution in [2.24, 2.45) is 0 Å². The van der Waals surface area contributed by atoms with Crippen molar-refractivity contribution in [2.75, 3.05) is 18.6 Å². The number of benzene rings is 1. The first kappa shape index (κ1) is 15.0. The normalized spacial score (nSPS) is 14.6. The summed E-state index contributed by atoms with van der Waals surface area (Å²) in [5.74, 6) is 0.427. The number of halogens is 2. The fraction of sp³-hybridized carbons (Fsp3) is 0.500. The van der Waals surface area contributed by atoms with E-state index in [1.165, 1.54) is 6.07 Å². The Kier molecular flexibility index (Phi) is 5.92.